The number of anilines is 1. The maximum Gasteiger partial charge on any atom is 0.330 e. The van der Waals surface area contributed by atoms with Crippen LogP contribution in [0.4, 0.5) is 11.5 Å². The number of aromatic nitrogens is 4. The third-order valence-electron chi connectivity index (χ3n) is 2.45. The number of hydrogen-bond donors (Lipinski definition) is 1. The largest absolute Gasteiger partial charge is 0.362 e. The molecule has 0 saturated heterocycles. The van der Waals surface area contributed by atoms with Crippen molar-refractivity contribution < 1.29 is 4.92 Å². The highest BCUT2D eigenvalue weighted by molar-refractivity contribution is 5.54. The molecule has 0 saturated carbocycles. The Morgan fingerprint density at radius 2 is 2.17 bits per heavy atom. The van der Waals surface area contributed by atoms with Gasteiger partial charge in [0.25, 0.3) is 0 Å². The summed E-state index contributed by atoms with van der Waals surface area (Å²) in [5, 5.41) is 21.9. The van der Waals surface area contributed by atoms with Gasteiger partial charge in [0, 0.05) is 33.3 Å². The first-order valence-electron chi connectivity index (χ1n) is 5.46. The average Bonchev–Trinajstić information content (AvgIpc) is 2.85. The zero-order valence-electron chi connectivity index (χ0n) is 10.2. The summed E-state index contributed by atoms with van der Waals surface area (Å²) >= 11 is 0. The van der Waals surface area contributed by atoms with Crippen molar-refractivity contribution in [3.8, 4) is 0 Å². The SMILES string of the molecule is Cn1ccc(CCNc2nn(C)cc2[N+](=O)[O-])n1. The Labute approximate surface area is 103 Å². The molecule has 2 aromatic heterocycles. The highest BCUT2D eigenvalue weighted by Crippen LogP contribution is 2.21. The van der Waals surface area contributed by atoms with Crippen LogP contribution in [0.25, 0.3) is 0 Å². The van der Waals surface area contributed by atoms with E-state index < -0.39 is 4.92 Å². The number of rotatable bonds is 5. The maximum absolute atomic E-state index is 10.8. The van der Waals surface area contributed by atoms with Gasteiger partial charge in [-0.25, -0.2) is 0 Å². The number of aryl methyl sites for hydroxylation is 2. The van der Waals surface area contributed by atoms with Gasteiger partial charge < -0.3 is 5.32 Å². The van der Waals surface area contributed by atoms with Gasteiger partial charge in [-0.15, -0.1) is 5.10 Å². The standard InChI is InChI=1S/C10H14N6O2/c1-14-6-4-8(12-14)3-5-11-10-9(16(17)18)7-15(2)13-10/h4,6-7H,3,5H2,1-2H3,(H,11,13). The van der Waals surface area contributed by atoms with Crippen molar-refractivity contribution in [2.45, 2.75) is 6.42 Å². The number of nitrogens with zero attached hydrogens (tertiary/aromatic N) is 5. The Bertz CT molecular complexity index is 558. The lowest BCUT2D eigenvalue weighted by atomic mass is 10.3. The van der Waals surface area contributed by atoms with Crippen molar-refractivity contribution >= 4 is 11.5 Å². The molecule has 0 bridgehead atoms. The van der Waals surface area contributed by atoms with E-state index in [0.717, 1.165) is 5.69 Å². The molecule has 2 heterocycles. The summed E-state index contributed by atoms with van der Waals surface area (Å²) in [5.41, 5.74) is 0.919. The number of hydrogen-bond acceptors (Lipinski definition) is 5. The van der Waals surface area contributed by atoms with Crippen LogP contribution in [-0.4, -0.2) is 31.0 Å². The van der Waals surface area contributed by atoms with E-state index in [2.05, 4.69) is 15.5 Å². The summed E-state index contributed by atoms with van der Waals surface area (Å²) in [7, 11) is 3.50. The van der Waals surface area contributed by atoms with E-state index in [1.54, 1.807) is 11.7 Å². The van der Waals surface area contributed by atoms with Gasteiger partial charge in [0.2, 0.25) is 5.82 Å². The van der Waals surface area contributed by atoms with Crippen molar-refractivity contribution in [2.75, 3.05) is 11.9 Å². The lowest BCUT2D eigenvalue weighted by molar-refractivity contribution is -0.384. The van der Waals surface area contributed by atoms with Gasteiger partial charge in [-0.05, 0) is 6.07 Å². The summed E-state index contributed by atoms with van der Waals surface area (Å²) in [4.78, 5) is 10.3. The molecule has 0 aromatic carbocycles. The predicted octanol–water partition coefficient (Wildman–Crippen LogP) is 0.716. The summed E-state index contributed by atoms with van der Waals surface area (Å²) < 4.78 is 3.14. The van der Waals surface area contributed by atoms with Crippen LogP contribution in [0, 0.1) is 10.1 Å². The normalized spacial score (nSPS) is 10.6. The Kier molecular flexibility index (Phi) is 3.26. The van der Waals surface area contributed by atoms with Crippen LogP contribution in [0.2, 0.25) is 0 Å². The topological polar surface area (TPSA) is 90.8 Å². The lowest BCUT2D eigenvalue weighted by Gasteiger charge is -2.00. The summed E-state index contributed by atoms with van der Waals surface area (Å²) in [6, 6.07) is 1.91. The van der Waals surface area contributed by atoms with Crippen molar-refractivity contribution in [1.82, 2.24) is 19.6 Å². The first-order valence-corrected chi connectivity index (χ1v) is 5.46. The minimum atomic E-state index is -0.448. The molecule has 0 atom stereocenters. The molecule has 2 aromatic rings. The highest BCUT2D eigenvalue weighted by Gasteiger charge is 2.17. The van der Waals surface area contributed by atoms with E-state index in [4.69, 9.17) is 0 Å². The number of nitrogens with one attached hydrogen (secondary N) is 1. The monoisotopic (exact) mass is 250 g/mol. The average molecular weight is 250 g/mol. The summed E-state index contributed by atoms with van der Waals surface area (Å²) in [6.07, 6.45) is 3.93. The molecule has 0 fully saturated rings. The Morgan fingerprint density at radius 1 is 1.39 bits per heavy atom. The molecule has 0 aliphatic rings. The second kappa shape index (κ2) is 4.86. The third kappa shape index (κ3) is 2.65. The van der Waals surface area contributed by atoms with Gasteiger partial charge in [-0.3, -0.25) is 19.5 Å². The molecule has 1 N–H and O–H groups in total. The second-order valence-corrected chi connectivity index (χ2v) is 3.95. The summed E-state index contributed by atoms with van der Waals surface area (Å²) in [5.74, 6) is 0.290. The van der Waals surface area contributed by atoms with E-state index in [1.807, 2.05) is 19.3 Å². The molecular weight excluding hydrogens is 236 g/mol. The molecule has 0 spiro atoms. The van der Waals surface area contributed by atoms with Crippen molar-refractivity contribution in [3.05, 3.63) is 34.3 Å². The van der Waals surface area contributed by atoms with Crippen LogP contribution in [0.5, 0.6) is 0 Å². The first-order chi connectivity index (χ1) is 8.56. The van der Waals surface area contributed by atoms with Crippen molar-refractivity contribution in [3.63, 3.8) is 0 Å². The van der Waals surface area contributed by atoms with Crippen LogP contribution >= 0.6 is 0 Å². The quantitative estimate of drug-likeness (QED) is 0.623. The first kappa shape index (κ1) is 12.1. The van der Waals surface area contributed by atoms with E-state index in [0.29, 0.717) is 18.8 Å². The fourth-order valence-electron chi connectivity index (χ4n) is 1.64. The fraction of sp³-hybridized carbons (Fsp3) is 0.400. The third-order valence-corrected chi connectivity index (χ3v) is 2.45. The minimum absolute atomic E-state index is 0.0153. The van der Waals surface area contributed by atoms with Gasteiger partial charge in [0.15, 0.2) is 0 Å². The molecule has 0 radical (unpaired) electrons. The van der Waals surface area contributed by atoms with Crippen molar-refractivity contribution in [1.29, 1.82) is 0 Å². The number of nitro groups is 1. The highest BCUT2D eigenvalue weighted by atomic mass is 16.6. The molecule has 96 valence electrons. The Hall–Kier alpha value is -2.38. The Balaban J connectivity index is 1.96. The van der Waals surface area contributed by atoms with Gasteiger partial charge >= 0.3 is 5.69 Å². The van der Waals surface area contributed by atoms with Crippen LogP contribution in [0.1, 0.15) is 5.69 Å². The van der Waals surface area contributed by atoms with E-state index >= 15 is 0 Å². The maximum atomic E-state index is 10.8. The van der Waals surface area contributed by atoms with Gasteiger partial charge in [0.05, 0.1) is 10.6 Å². The predicted molar refractivity (Wildman–Crippen MR) is 65.3 cm³/mol. The van der Waals surface area contributed by atoms with Gasteiger partial charge in [-0.1, -0.05) is 0 Å². The van der Waals surface area contributed by atoms with Crippen LogP contribution in [0.3, 0.4) is 0 Å². The minimum Gasteiger partial charge on any atom is -0.362 e. The van der Waals surface area contributed by atoms with E-state index in [9.17, 15) is 10.1 Å². The smallest absolute Gasteiger partial charge is 0.330 e. The van der Waals surface area contributed by atoms with Crippen LogP contribution in [-0.2, 0) is 20.5 Å². The molecule has 18 heavy (non-hydrogen) atoms. The van der Waals surface area contributed by atoms with Crippen LogP contribution in [0.15, 0.2) is 18.5 Å². The molecule has 0 amide bonds. The van der Waals surface area contributed by atoms with Crippen molar-refractivity contribution in [2.24, 2.45) is 14.1 Å². The summed E-state index contributed by atoms with van der Waals surface area (Å²) in [6.45, 7) is 0.550. The second-order valence-electron chi connectivity index (χ2n) is 3.95. The molecule has 8 nitrogen and oxygen atoms in total. The molecule has 8 heteroatoms. The van der Waals surface area contributed by atoms with Gasteiger partial charge in [0.1, 0.15) is 6.20 Å². The van der Waals surface area contributed by atoms with Crippen LogP contribution < -0.4 is 5.32 Å². The zero-order chi connectivity index (χ0) is 13.1. The molecule has 0 aliphatic heterocycles. The van der Waals surface area contributed by atoms with E-state index in [1.165, 1.54) is 10.9 Å². The van der Waals surface area contributed by atoms with E-state index in [-0.39, 0.29) is 5.69 Å². The molecular formula is C10H14N6O2. The lowest BCUT2D eigenvalue weighted by Crippen LogP contribution is -2.07. The molecule has 0 aliphatic carbocycles. The fourth-order valence-corrected chi connectivity index (χ4v) is 1.64. The zero-order valence-corrected chi connectivity index (χ0v) is 10.2. The molecule has 0 unspecified atom stereocenters. The Morgan fingerprint density at radius 3 is 2.78 bits per heavy atom. The molecule has 2 rings (SSSR count). The van der Waals surface area contributed by atoms with Gasteiger partial charge in [-0.2, -0.15) is 5.10 Å².